The number of hydrogen-bond acceptors (Lipinski definition) is 4. The highest BCUT2D eigenvalue weighted by molar-refractivity contribution is 7.10. The molecule has 1 saturated heterocycles. The summed E-state index contributed by atoms with van der Waals surface area (Å²) in [5.74, 6) is -0.0286. The summed E-state index contributed by atoms with van der Waals surface area (Å²) in [5, 5.41) is 11.6. The summed E-state index contributed by atoms with van der Waals surface area (Å²) in [6, 6.07) is 20.8. The largest absolute Gasteiger partial charge is 0.489 e. The number of aryl methyl sites for hydroxylation is 1. The van der Waals surface area contributed by atoms with E-state index in [2.05, 4.69) is 47.5 Å². The van der Waals surface area contributed by atoms with Crippen LogP contribution in [0.5, 0.6) is 5.75 Å². The Hall–Kier alpha value is -2.63. The Morgan fingerprint density at radius 3 is 2.50 bits per heavy atom. The number of benzene rings is 2. The second-order valence-corrected chi connectivity index (χ2v) is 8.83. The van der Waals surface area contributed by atoms with Gasteiger partial charge in [-0.25, -0.2) is 0 Å². The molecule has 0 spiro atoms. The van der Waals surface area contributed by atoms with Crippen LogP contribution in [-0.4, -0.2) is 29.1 Å². The van der Waals surface area contributed by atoms with Crippen molar-refractivity contribution in [1.82, 2.24) is 4.90 Å². The Balaban J connectivity index is 1.62. The van der Waals surface area contributed by atoms with Crippen molar-refractivity contribution in [3.05, 3.63) is 87.6 Å². The maximum absolute atomic E-state index is 11.4. The van der Waals surface area contributed by atoms with Gasteiger partial charge in [-0.3, -0.25) is 9.69 Å². The van der Waals surface area contributed by atoms with Crippen LogP contribution in [0.4, 0.5) is 0 Å². The Bertz CT molecular complexity index is 977. The lowest BCUT2D eigenvalue weighted by Gasteiger charge is -2.37. The number of likely N-dealkylation sites (tertiary alicyclic amines) is 1. The third kappa shape index (κ3) is 4.74. The number of nitrogens with zero attached hydrogens (tertiary/aromatic N) is 1. The molecule has 0 bridgehead atoms. The van der Waals surface area contributed by atoms with E-state index in [9.17, 15) is 9.90 Å². The van der Waals surface area contributed by atoms with Gasteiger partial charge in [0.15, 0.2) is 0 Å². The van der Waals surface area contributed by atoms with Gasteiger partial charge in [0.25, 0.3) is 0 Å². The Labute approximate surface area is 181 Å². The molecule has 156 valence electrons. The third-order valence-electron chi connectivity index (χ3n) is 5.72. The van der Waals surface area contributed by atoms with Gasteiger partial charge in [-0.05, 0) is 61.5 Å². The highest BCUT2D eigenvalue weighted by Crippen LogP contribution is 2.39. The fraction of sp³-hybridized carbons (Fsp3) is 0.320. The topological polar surface area (TPSA) is 49.8 Å². The molecule has 5 heteroatoms. The van der Waals surface area contributed by atoms with Crippen LogP contribution >= 0.6 is 11.3 Å². The molecule has 0 saturated carbocycles. The van der Waals surface area contributed by atoms with Crippen LogP contribution in [0.15, 0.2) is 66.0 Å². The highest BCUT2D eigenvalue weighted by atomic mass is 32.1. The molecule has 2 aromatic carbocycles. The van der Waals surface area contributed by atoms with Gasteiger partial charge in [-0.2, -0.15) is 0 Å². The monoisotopic (exact) mass is 421 g/mol. The summed E-state index contributed by atoms with van der Waals surface area (Å²) in [6.07, 6.45) is 1.37. The third-order valence-corrected chi connectivity index (χ3v) is 6.82. The fourth-order valence-electron chi connectivity index (χ4n) is 4.10. The standard InChI is InChI=1S/C25H27NO3S/c1-18-15-23(30-17-18)24(26-13-11-20(12-14-26)25(27)28)21-9-5-6-10-22(21)29-16-19-7-3-2-4-8-19/h2-10,15,17,20,24H,11-14,16H2,1H3,(H,27,28). The van der Waals surface area contributed by atoms with Crippen molar-refractivity contribution in [3.63, 3.8) is 0 Å². The summed E-state index contributed by atoms with van der Waals surface area (Å²) in [6.45, 7) is 4.18. The Morgan fingerprint density at radius 1 is 1.13 bits per heavy atom. The van der Waals surface area contributed by atoms with Crippen LogP contribution in [0.3, 0.4) is 0 Å². The number of carboxylic acid groups (broad SMARTS) is 1. The van der Waals surface area contributed by atoms with Crippen LogP contribution < -0.4 is 4.74 Å². The molecule has 0 amide bonds. The van der Waals surface area contributed by atoms with Crippen molar-refractivity contribution >= 4 is 17.3 Å². The number of rotatable bonds is 7. The zero-order valence-electron chi connectivity index (χ0n) is 17.2. The number of aliphatic carboxylic acids is 1. The van der Waals surface area contributed by atoms with Crippen LogP contribution in [0.1, 0.15) is 40.5 Å². The fourth-order valence-corrected chi connectivity index (χ4v) is 5.15. The molecular formula is C25H27NO3S. The lowest BCUT2D eigenvalue weighted by atomic mass is 9.93. The first-order valence-corrected chi connectivity index (χ1v) is 11.3. The van der Waals surface area contributed by atoms with Crippen molar-refractivity contribution in [1.29, 1.82) is 0 Å². The van der Waals surface area contributed by atoms with Crippen LogP contribution in [-0.2, 0) is 11.4 Å². The van der Waals surface area contributed by atoms with Gasteiger partial charge < -0.3 is 9.84 Å². The van der Waals surface area contributed by atoms with Crippen molar-refractivity contribution in [2.75, 3.05) is 13.1 Å². The summed E-state index contributed by atoms with van der Waals surface area (Å²) >= 11 is 1.76. The molecule has 30 heavy (non-hydrogen) atoms. The summed E-state index contributed by atoms with van der Waals surface area (Å²) in [7, 11) is 0. The number of ether oxygens (including phenoxy) is 1. The first-order valence-electron chi connectivity index (χ1n) is 10.4. The molecule has 1 N–H and O–H groups in total. The van der Waals surface area contributed by atoms with E-state index in [-0.39, 0.29) is 12.0 Å². The van der Waals surface area contributed by atoms with Gasteiger partial charge >= 0.3 is 5.97 Å². The quantitative estimate of drug-likeness (QED) is 0.546. The number of piperidine rings is 1. The van der Waals surface area contributed by atoms with Crippen LogP contribution in [0.25, 0.3) is 0 Å². The normalized spacial score (nSPS) is 16.3. The number of para-hydroxylation sites is 1. The number of carbonyl (C=O) groups is 1. The van der Waals surface area contributed by atoms with E-state index in [0.29, 0.717) is 19.4 Å². The lowest BCUT2D eigenvalue weighted by Crippen LogP contribution is -2.39. The number of carboxylic acids is 1. The summed E-state index contributed by atoms with van der Waals surface area (Å²) < 4.78 is 6.27. The molecule has 1 aliphatic rings. The molecule has 1 atom stereocenters. The average molecular weight is 422 g/mol. The molecule has 1 aromatic heterocycles. The second kappa shape index (κ2) is 9.45. The molecule has 1 aliphatic heterocycles. The molecule has 0 radical (unpaired) electrons. The highest BCUT2D eigenvalue weighted by Gasteiger charge is 2.32. The lowest BCUT2D eigenvalue weighted by molar-refractivity contribution is -0.143. The molecule has 3 aromatic rings. The maximum atomic E-state index is 11.4. The molecule has 4 rings (SSSR count). The predicted molar refractivity (Wildman–Crippen MR) is 120 cm³/mol. The smallest absolute Gasteiger partial charge is 0.306 e. The average Bonchev–Trinajstić information content (AvgIpc) is 3.20. The Kier molecular flexibility index (Phi) is 6.50. The SMILES string of the molecule is Cc1csc(C(c2ccccc2OCc2ccccc2)N2CCC(C(=O)O)CC2)c1. The molecule has 1 fully saturated rings. The first kappa shape index (κ1) is 20.6. The maximum Gasteiger partial charge on any atom is 0.306 e. The van der Waals surface area contributed by atoms with Crippen molar-refractivity contribution in [3.8, 4) is 5.75 Å². The first-order chi connectivity index (χ1) is 14.6. The van der Waals surface area contributed by atoms with Gasteiger partial charge in [-0.15, -0.1) is 11.3 Å². The van der Waals surface area contributed by atoms with Gasteiger partial charge in [0.2, 0.25) is 0 Å². The van der Waals surface area contributed by atoms with Crippen molar-refractivity contribution in [2.45, 2.75) is 32.4 Å². The minimum absolute atomic E-state index is 0.0745. The predicted octanol–water partition coefficient (Wildman–Crippen LogP) is 5.52. The van der Waals surface area contributed by atoms with E-state index in [1.165, 1.54) is 10.4 Å². The number of thiophene rings is 1. The van der Waals surface area contributed by atoms with Crippen LogP contribution in [0.2, 0.25) is 0 Å². The minimum Gasteiger partial charge on any atom is -0.489 e. The van der Waals surface area contributed by atoms with E-state index in [1.54, 1.807) is 11.3 Å². The molecule has 1 unspecified atom stereocenters. The number of hydrogen-bond donors (Lipinski definition) is 1. The summed E-state index contributed by atoms with van der Waals surface area (Å²) in [4.78, 5) is 15.1. The van der Waals surface area contributed by atoms with E-state index < -0.39 is 5.97 Å². The van der Waals surface area contributed by atoms with Crippen LogP contribution in [0, 0.1) is 12.8 Å². The van der Waals surface area contributed by atoms with Crippen molar-refractivity contribution < 1.29 is 14.6 Å². The van der Waals surface area contributed by atoms with E-state index >= 15 is 0 Å². The minimum atomic E-state index is -0.676. The summed E-state index contributed by atoms with van der Waals surface area (Å²) in [5.41, 5.74) is 3.53. The Morgan fingerprint density at radius 2 is 1.83 bits per heavy atom. The zero-order chi connectivity index (χ0) is 20.9. The molecule has 4 nitrogen and oxygen atoms in total. The van der Waals surface area contributed by atoms with Gasteiger partial charge in [0.1, 0.15) is 12.4 Å². The molecule has 0 aliphatic carbocycles. The van der Waals surface area contributed by atoms with Gasteiger partial charge in [0.05, 0.1) is 12.0 Å². The van der Waals surface area contributed by atoms with E-state index in [4.69, 9.17) is 4.74 Å². The zero-order valence-corrected chi connectivity index (χ0v) is 18.0. The second-order valence-electron chi connectivity index (χ2n) is 7.89. The van der Waals surface area contributed by atoms with Gasteiger partial charge in [-0.1, -0.05) is 48.5 Å². The van der Waals surface area contributed by atoms with E-state index in [1.807, 2.05) is 30.3 Å². The van der Waals surface area contributed by atoms with Gasteiger partial charge in [0, 0.05) is 10.4 Å². The molecular weight excluding hydrogens is 394 g/mol. The molecule has 2 heterocycles. The van der Waals surface area contributed by atoms with Crippen molar-refractivity contribution in [2.24, 2.45) is 5.92 Å². The van der Waals surface area contributed by atoms with E-state index in [0.717, 1.165) is 30.0 Å².